The van der Waals surface area contributed by atoms with Gasteiger partial charge in [-0.1, -0.05) is 37.8 Å². The molecule has 6 heteroatoms. The quantitative estimate of drug-likeness (QED) is 0.701. The van der Waals surface area contributed by atoms with Crippen LogP contribution < -0.4 is 5.56 Å². The molecule has 4 atom stereocenters. The smallest absolute Gasteiger partial charge is 0.256 e. The number of hydrogen-bond donors (Lipinski definition) is 1. The van der Waals surface area contributed by atoms with E-state index in [2.05, 4.69) is 11.9 Å². The van der Waals surface area contributed by atoms with Crippen LogP contribution in [0, 0.1) is 17.8 Å². The van der Waals surface area contributed by atoms with Crippen LogP contribution in [-0.4, -0.2) is 27.3 Å². The van der Waals surface area contributed by atoms with E-state index in [1.165, 1.54) is 19.3 Å². The van der Waals surface area contributed by atoms with Gasteiger partial charge >= 0.3 is 0 Å². The molecule has 5 rings (SSSR count). The summed E-state index contributed by atoms with van der Waals surface area (Å²) in [5.74, 6) is 2.40. The van der Waals surface area contributed by atoms with Crippen LogP contribution in [0.1, 0.15) is 69.0 Å². The molecule has 0 saturated heterocycles. The van der Waals surface area contributed by atoms with Gasteiger partial charge < -0.3 is 9.88 Å². The largest absolute Gasteiger partial charge is 0.337 e. The molecule has 2 fully saturated rings. The molecule has 1 amide bonds. The average molecular weight is 440 g/mol. The van der Waals surface area contributed by atoms with Gasteiger partial charge in [-0.15, -0.1) is 0 Å². The van der Waals surface area contributed by atoms with Crippen molar-refractivity contribution in [1.82, 2.24) is 14.9 Å². The van der Waals surface area contributed by atoms with Gasteiger partial charge in [0.05, 0.1) is 17.8 Å². The van der Waals surface area contributed by atoms with Crippen LogP contribution in [0.2, 0.25) is 5.02 Å². The SMILES string of the molecule is CCCCC1CN(C(=O)C2C[C@@H]3CC[C@H]2C3)Cc2c1nc(-c1ccc(Cl)cc1)[nH]c2=O. The highest BCUT2D eigenvalue weighted by Gasteiger charge is 2.45. The minimum Gasteiger partial charge on any atom is -0.337 e. The van der Waals surface area contributed by atoms with Crippen molar-refractivity contribution in [2.75, 3.05) is 6.54 Å². The number of rotatable bonds is 5. The molecule has 0 spiro atoms. The minimum absolute atomic E-state index is 0.111. The topological polar surface area (TPSA) is 66.1 Å². The third-order valence-electron chi connectivity index (χ3n) is 7.61. The zero-order valence-electron chi connectivity index (χ0n) is 18.1. The molecule has 5 nitrogen and oxygen atoms in total. The maximum absolute atomic E-state index is 13.4. The van der Waals surface area contributed by atoms with Crippen molar-refractivity contribution in [3.05, 3.63) is 50.9 Å². The number of hydrogen-bond acceptors (Lipinski definition) is 3. The zero-order chi connectivity index (χ0) is 21.5. The Kier molecular flexibility index (Phi) is 5.63. The van der Waals surface area contributed by atoms with Gasteiger partial charge in [-0.2, -0.15) is 0 Å². The Morgan fingerprint density at radius 1 is 1.23 bits per heavy atom. The number of amides is 1. The monoisotopic (exact) mass is 439 g/mol. The molecular formula is C25H30ClN3O2. The van der Waals surface area contributed by atoms with Gasteiger partial charge in [-0.05, 0) is 61.8 Å². The first-order valence-corrected chi connectivity index (χ1v) is 12.1. The lowest BCUT2D eigenvalue weighted by molar-refractivity contribution is -0.138. The summed E-state index contributed by atoms with van der Waals surface area (Å²) in [4.78, 5) is 36.4. The highest BCUT2D eigenvalue weighted by atomic mass is 35.5. The van der Waals surface area contributed by atoms with Crippen molar-refractivity contribution in [3.63, 3.8) is 0 Å². The fraction of sp³-hybridized carbons (Fsp3) is 0.560. The third kappa shape index (κ3) is 3.93. The Balaban J connectivity index is 1.47. The van der Waals surface area contributed by atoms with Gasteiger partial charge in [0.15, 0.2) is 0 Å². The summed E-state index contributed by atoms with van der Waals surface area (Å²) in [7, 11) is 0. The van der Waals surface area contributed by atoms with Gasteiger partial charge in [0.1, 0.15) is 5.82 Å². The van der Waals surface area contributed by atoms with E-state index in [0.717, 1.165) is 42.9 Å². The van der Waals surface area contributed by atoms with Crippen LogP contribution in [0.15, 0.2) is 29.1 Å². The first kappa shape index (κ1) is 20.7. The molecule has 1 aliphatic heterocycles. The second kappa shape index (κ2) is 8.42. The Hall–Kier alpha value is -2.14. The Morgan fingerprint density at radius 3 is 2.71 bits per heavy atom. The van der Waals surface area contributed by atoms with E-state index in [4.69, 9.17) is 16.6 Å². The number of carbonyl (C=O) groups excluding carboxylic acids is 1. The molecule has 1 aromatic heterocycles. The van der Waals surface area contributed by atoms with E-state index in [1.807, 2.05) is 17.0 Å². The van der Waals surface area contributed by atoms with Crippen molar-refractivity contribution in [1.29, 1.82) is 0 Å². The summed E-state index contributed by atoms with van der Waals surface area (Å²) >= 11 is 6.02. The third-order valence-corrected chi connectivity index (χ3v) is 7.87. The first-order valence-electron chi connectivity index (χ1n) is 11.7. The standard InChI is InChI=1S/C25H30ClN3O2/c1-2-3-4-18-13-29(25(31)20-12-15-5-6-17(20)11-15)14-21-22(18)27-23(28-24(21)30)16-7-9-19(26)10-8-16/h7-10,15,17-18,20H,2-6,11-14H2,1H3,(H,27,28,30)/t15-,17+,18?,20?/m1/s1. The number of halogens is 1. The Labute approximate surface area is 188 Å². The summed E-state index contributed by atoms with van der Waals surface area (Å²) in [6.07, 6.45) is 7.82. The predicted molar refractivity (Wildman–Crippen MR) is 122 cm³/mol. The van der Waals surface area contributed by atoms with Crippen molar-refractivity contribution in [2.24, 2.45) is 17.8 Å². The van der Waals surface area contributed by atoms with Crippen molar-refractivity contribution in [2.45, 2.75) is 64.3 Å². The summed E-state index contributed by atoms with van der Waals surface area (Å²) in [6.45, 7) is 3.23. The molecule has 164 valence electrons. The molecule has 1 aromatic carbocycles. The lowest BCUT2D eigenvalue weighted by Gasteiger charge is -2.36. The lowest BCUT2D eigenvalue weighted by atomic mass is 9.85. The molecule has 2 saturated carbocycles. The van der Waals surface area contributed by atoms with E-state index in [0.29, 0.717) is 35.4 Å². The number of nitrogens with zero attached hydrogens (tertiary/aromatic N) is 2. The first-order chi connectivity index (χ1) is 15.0. The van der Waals surface area contributed by atoms with E-state index in [1.54, 1.807) is 12.1 Å². The molecule has 1 N–H and O–H groups in total. The van der Waals surface area contributed by atoms with Gasteiger partial charge in [0.2, 0.25) is 5.91 Å². The van der Waals surface area contributed by atoms with E-state index in [-0.39, 0.29) is 23.3 Å². The zero-order valence-corrected chi connectivity index (χ0v) is 18.8. The number of carbonyl (C=O) groups is 1. The Morgan fingerprint density at radius 2 is 2.03 bits per heavy atom. The molecule has 2 bridgehead atoms. The Bertz CT molecular complexity index is 1030. The molecule has 2 aliphatic carbocycles. The van der Waals surface area contributed by atoms with Crippen molar-refractivity contribution in [3.8, 4) is 11.4 Å². The predicted octanol–water partition coefficient (Wildman–Crippen LogP) is 5.14. The van der Waals surface area contributed by atoms with Crippen LogP contribution in [-0.2, 0) is 11.3 Å². The second-order valence-corrected chi connectivity index (χ2v) is 10.1. The number of benzene rings is 1. The maximum Gasteiger partial charge on any atom is 0.256 e. The number of aromatic nitrogens is 2. The average Bonchev–Trinajstić information content (AvgIpc) is 3.41. The van der Waals surface area contributed by atoms with Crippen LogP contribution in [0.5, 0.6) is 0 Å². The normalized spacial score (nSPS) is 26.8. The van der Waals surface area contributed by atoms with Crippen LogP contribution >= 0.6 is 11.6 Å². The number of nitrogens with one attached hydrogen (secondary N) is 1. The fourth-order valence-corrected chi connectivity index (χ4v) is 6.11. The highest BCUT2D eigenvalue weighted by molar-refractivity contribution is 6.30. The van der Waals surface area contributed by atoms with Gasteiger partial charge in [-0.3, -0.25) is 9.59 Å². The van der Waals surface area contributed by atoms with Crippen molar-refractivity contribution < 1.29 is 4.79 Å². The number of aromatic amines is 1. The van der Waals surface area contributed by atoms with Crippen LogP contribution in [0.25, 0.3) is 11.4 Å². The number of unbranched alkanes of at least 4 members (excludes halogenated alkanes) is 1. The minimum atomic E-state index is -0.123. The summed E-state index contributed by atoms with van der Waals surface area (Å²) in [5.41, 5.74) is 2.27. The number of fused-ring (bicyclic) bond motifs is 3. The lowest BCUT2D eigenvalue weighted by Crippen LogP contribution is -2.45. The van der Waals surface area contributed by atoms with Crippen LogP contribution in [0.3, 0.4) is 0 Å². The van der Waals surface area contributed by atoms with Crippen LogP contribution in [0.4, 0.5) is 0 Å². The molecule has 0 radical (unpaired) electrons. The summed E-state index contributed by atoms with van der Waals surface area (Å²) in [5, 5.41) is 0.652. The van der Waals surface area contributed by atoms with E-state index in [9.17, 15) is 9.59 Å². The van der Waals surface area contributed by atoms with Gasteiger partial charge in [0, 0.05) is 29.0 Å². The summed E-state index contributed by atoms with van der Waals surface area (Å²) < 4.78 is 0. The maximum atomic E-state index is 13.4. The molecule has 31 heavy (non-hydrogen) atoms. The molecule has 2 unspecified atom stereocenters. The summed E-state index contributed by atoms with van der Waals surface area (Å²) in [6, 6.07) is 7.37. The van der Waals surface area contributed by atoms with E-state index >= 15 is 0 Å². The second-order valence-electron chi connectivity index (χ2n) is 9.62. The molecule has 2 aromatic rings. The molecule has 2 heterocycles. The van der Waals surface area contributed by atoms with E-state index < -0.39 is 0 Å². The highest BCUT2D eigenvalue weighted by Crippen LogP contribution is 2.49. The molecular weight excluding hydrogens is 410 g/mol. The van der Waals surface area contributed by atoms with Gasteiger partial charge in [-0.25, -0.2) is 4.98 Å². The van der Waals surface area contributed by atoms with Crippen molar-refractivity contribution >= 4 is 17.5 Å². The molecule has 3 aliphatic rings. The number of H-pyrrole nitrogens is 1. The fourth-order valence-electron chi connectivity index (χ4n) is 5.99. The van der Waals surface area contributed by atoms with Gasteiger partial charge in [0.25, 0.3) is 5.56 Å².